The first-order valence-corrected chi connectivity index (χ1v) is 7.57. The van der Waals surface area contributed by atoms with E-state index in [1.54, 1.807) is 6.08 Å². The first kappa shape index (κ1) is 16.6. The molecule has 0 aromatic carbocycles. The Morgan fingerprint density at radius 3 is 2.72 bits per heavy atom. The molecule has 0 bridgehead atoms. The van der Waals surface area contributed by atoms with Crippen LogP contribution in [0.2, 0.25) is 0 Å². The molecule has 3 amide bonds. The third-order valence-corrected chi connectivity index (χ3v) is 3.81. The highest BCUT2D eigenvalue weighted by molar-refractivity contribution is 6.13. The van der Waals surface area contributed by atoms with Crippen LogP contribution in [0.3, 0.4) is 0 Å². The zero-order chi connectivity index (χ0) is 18.1. The van der Waals surface area contributed by atoms with Gasteiger partial charge in [0.25, 0.3) is 5.91 Å². The van der Waals surface area contributed by atoms with Crippen molar-refractivity contribution in [2.75, 3.05) is 7.11 Å². The van der Waals surface area contributed by atoms with Crippen molar-refractivity contribution in [2.24, 2.45) is 0 Å². The minimum atomic E-state index is -0.623. The van der Waals surface area contributed by atoms with Gasteiger partial charge in [0, 0.05) is 11.4 Å². The zero-order valence-corrected chi connectivity index (χ0v) is 14.0. The normalized spacial score (nSPS) is 15.8. The van der Waals surface area contributed by atoms with Crippen LogP contribution in [-0.4, -0.2) is 34.9 Å². The van der Waals surface area contributed by atoms with Crippen molar-refractivity contribution in [1.29, 1.82) is 0 Å². The van der Waals surface area contributed by atoms with E-state index in [0.29, 0.717) is 5.76 Å². The Bertz CT molecular complexity index is 890. The van der Waals surface area contributed by atoms with Crippen LogP contribution in [0.25, 0.3) is 6.08 Å². The number of ether oxygens (including phenoxy) is 1. The number of rotatable bonds is 4. The third-order valence-electron chi connectivity index (χ3n) is 3.81. The number of imide groups is 1. The molecule has 1 aliphatic heterocycles. The number of aromatic amines is 1. The number of aryl methyl sites for hydroxylation is 2. The first-order chi connectivity index (χ1) is 11.9. The number of carbonyl (C=O) groups is 3. The number of H-pyrrole nitrogens is 1. The van der Waals surface area contributed by atoms with Gasteiger partial charge in [0.05, 0.1) is 13.7 Å². The van der Waals surface area contributed by atoms with Crippen LogP contribution < -0.4 is 5.32 Å². The summed E-state index contributed by atoms with van der Waals surface area (Å²) in [6.45, 7) is 3.71. The van der Waals surface area contributed by atoms with E-state index in [2.05, 4.69) is 15.0 Å². The lowest BCUT2D eigenvalue weighted by molar-refractivity contribution is -0.123. The molecule has 0 unspecified atom stereocenters. The Morgan fingerprint density at radius 2 is 2.08 bits per heavy atom. The Labute approximate surface area is 143 Å². The second-order valence-electron chi connectivity index (χ2n) is 5.67. The number of hydrogen-bond donors (Lipinski definition) is 2. The van der Waals surface area contributed by atoms with Gasteiger partial charge in [-0.05, 0) is 43.7 Å². The third kappa shape index (κ3) is 3.18. The van der Waals surface area contributed by atoms with Crippen LogP contribution in [-0.2, 0) is 16.1 Å². The molecule has 0 atom stereocenters. The maximum atomic E-state index is 12.5. The molecule has 8 heteroatoms. The molecule has 8 nitrogen and oxygen atoms in total. The minimum absolute atomic E-state index is 0.0127. The number of methoxy groups -OCH3 is 1. The number of furan rings is 1. The maximum Gasteiger partial charge on any atom is 0.373 e. The zero-order valence-electron chi connectivity index (χ0n) is 14.0. The summed E-state index contributed by atoms with van der Waals surface area (Å²) in [4.78, 5) is 40.1. The van der Waals surface area contributed by atoms with E-state index in [0.717, 1.165) is 21.9 Å². The van der Waals surface area contributed by atoms with Gasteiger partial charge < -0.3 is 19.5 Å². The van der Waals surface area contributed by atoms with Gasteiger partial charge in [-0.15, -0.1) is 0 Å². The van der Waals surface area contributed by atoms with Crippen LogP contribution >= 0.6 is 0 Å². The monoisotopic (exact) mass is 343 g/mol. The van der Waals surface area contributed by atoms with Crippen LogP contribution in [0.4, 0.5) is 4.79 Å². The molecule has 3 rings (SSSR count). The van der Waals surface area contributed by atoms with Gasteiger partial charge in [0.1, 0.15) is 11.5 Å². The van der Waals surface area contributed by atoms with Gasteiger partial charge in [-0.2, -0.15) is 0 Å². The number of esters is 1. The molecule has 0 saturated carbocycles. The molecule has 0 aliphatic carbocycles. The summed E-state index contributed by atoms with van der Waals surface area (Å²) in [6, 6.07) is 4.30. The number of nitrogens with one attached hydrogen (secondary N) is 2. The molecule has 2 aromatic rings. The fourth-order valence-corrected chi connectivity index (χ4v) is 2.60. The molecular weight excluding hydrogens is 326 g/mol. The fraction of sp³-hybridized carbons (Fsp3) is 0.235. The smallest absolute Gasteiger partial charge is 0.373 e. The molecule has 0 spiro atoms. The van der Waals surface area contributed by atoms with Gasteiger partial charge in [0.2, 0.25) is 5.76 Å². The quantitative estimate of drug-likeness (QED) is 0.502. The molecule has 1 aliphatic rings. The predicted octanol–water partition coefficient (Wildman–Crippen LogP) is 2.10. The van der Waals surface area contributed by atoms with Crippen molar-refractivity contribution in [1.82, 2.24) is 15.2 Å². The largest absolute Gasteiger partial charge is 0.463 e. The summed E-state index contributed by atoms with van der Waals surface area (Å²) in [5.74, 6) is -0.765. The second-order valence-corrected chi connectivity index (χ2v) is 5.67. The van der Waals surface area contributed by atoms with Crippen LogP contribution in [0.15, 0.2) is 28.3 Å². The highest BCUT2D eigenvalue weighted by Crippen LogP contribution is 2.20. The molecule has 25 heavy (non-hydrogen) atoms. The van der Waals surface area contributed by atoms with Crippen molar-refractivity contribution in [3.8, 4) is 0 Å². The van der Waals surface area contributed by atoms with Crippen molar-refractivity contribution < 1.29 is 23.5 Å². The molecule has 130 valence electrons. The second kappa shape index (κ2) is 6.31. The summed E-state index contributed by atoms with van der Waals surface area (Å²) in [5, 5.41) is 2.55. The number of amides is 3. The van der Waals surface area contributed by atoms with Crippen LogP contribution in [0.1, 0.15) is 33.3 Å². The number of carbonyl (C=O) groups excluding carboxylic acids is 3. The van der Waals surface area contributed by atoms with Crippen molar-refractivity contribution in [3.05, 3.63) is 52.4 Å². The van der Waals surface area contributed by atoms with E-state index < -0.39 is 17.9 Å². The molecule has 1 saturated heterocycles. The highest BCUT2D eigenvalue weighted by atomic mass is 16.5. The van der Waals surface area contributed by atoms with E-state index in [9.17, 15) is 14.4 Å². The number of urea groups is 1. The summed E-state index contributed by atoms with van der Waals surface area (Å²) >= 11 is 0. The first-order valence-electron chi connectivity index (χ1n) is 7.57. The van der Waals surface area contributed by atoms with Gasteiger partial charge in [-0.1, -0.05) is 0 Å². The molecule has 2 aromatic heterocycles. The summed E-state index contributed by atoms with van der Waals surface area (Å²) in [6.07, 6.45) is 1.63. The summed E-state index contributed by atoms with van der Waals surface area (Å²) in [7, 11) is 1.24. The Morgan fingerprint density at radius 1 is 1.32 bits per heavy atom. The molecule has 1 fully saturated rings. The van der Waals surface area contributed by atoms with Gasteiger partial charge in [0.15, 0.2) is 0 Å². The lowest BCUT2D eigenvalue weighted by Gasteiger charge is -2.09. The maximum absolute atomic E-state index is 12.5. The van der Waals surface area contributed by atoms with E-state index in [-0.39, 0.29) is 18.0 Å². The topological polar surface area (TPSA) is 105 Å². The number of aromatic nitrogens is 1. The lowest BCUT2D eigenvalue weighted by Crippen LogP contribution is -2.30. The van der Waals surface area contributed by atoms with E-state index in [4.69, 9.17) is 4.42 Å². The summed E-state index contributed by atoms with van der Waals surface area (Å²) < 4.78 is 9.85. The Hall–Kier alpha value is -3.29. The number of nitrogens with zero attached hydrogens (tertiary/aromatic N) is 1. The van der Waals surface area contributed by atoms with E-state index in [1.807, 2.05) is 19.9 Å². The molecule has 3 heterocycles. The van der Waals surface area contributed by atoms with E-state index >= 15 is 0 Å². The van der Waals surface area contributed by atoms with Crippen LogP contribution in [0, 0.1) is 13.8 Å². The van der Waals surface area contributed by atoms with Crippen molar-refractivity contribution >= 4 is 24.0 Å². The SMILES string of the molecule is COC(=O)c1ccc(CN2C(=O)NC(=Cc3cc(C)[nH]c3C)C2=O)o1. The lowest BCUT2D eigenvalue weighted by atomic mass is 10.2. The molecule has 2 N–H and O–H groups in total. The van der Waals surface area contributed by atoms with Gasteiger partial charge in [-0.3, -0.25) is 9.69 Å². The Kier molecular flexibility index (Phi) is 4.18. The average Bonchev–Trinajstić information content (AvgIpc) is 3.23. The molecular formula is C17H17N3O5. The number of hydrogen-bond acceptors (Lipinski definition) is 5. The summed E-state index contributed by atoms with van der Waals surface area (Å²) in [5.41, 5.74) is 2.88. The van der Waals surface area contributed by atoms with Gasteiger partial charge >= 0.3 is 12.0 Å². The standard InChI is InChI=1S/C17H17N3O5/c1-9-6-11(10(2)18-9)7-13-15(21)20(17(23)19-13)8-12-4-5-14(25-12)16(22)24-3/h4-7,18H,8H2,1-3H3,(H,19,23). The average molecular weight is 343 g/mol. The van der Waals surface area contributed by atoms with Crippen molar-refractivity contribution in [2.45, 2.75) is 20.4 Å². The minimum Gasteiger partial charge on any atom is -0.463 e. The van der Waals surface area contributed by atoms with Crippen molar-refractivity contribution in [3.63, 3.8) is 0 Å². The highest BCUT2D eigenvalue weighted by Gasteiger charge is 2.34. The Balaban J connectivity index is 1.78. The van der Waals surface area contributed by atoms with E-state index in [1.165, 1.54) is 19.2 Å². The predicted molar refractivity (Wildman–Crippen MR) is 87.4 cm³/mol. The fourth-order valence-electron chi connectivity index (χ4n) is 2.60. The molecule has 0 radical (unpaired) electrons. The van der Waals surface area contributed by atoms with Crippen LogP contribution in [0.5, 0.6) is 0 Å². The van der Waals surface area contributed by atoms with Gasteiger partial charge in [-0.25, -0.2) is 9.59 Å².